The van der Waals surface area contributed by atoms with Gasteiger partial charge in [-0.1, -0.05) is 12.1 Å². The number of hydrogen-bond acceptors (Lipinski definition) is 6. The van der Waals surface area contributed by atoms with Crippen LogP contribution in [0.15, 0.2) is 66.7 Å². The van der Waals surface area contributed by atoms with E-state index in [-0.39, 0.29) is 11.5 Å². The van der Waals surface area contributed by atoms with E-state index in [4.69, 9.17) is 9.47 Å². The first kappa shape index (κ1) is 28.8. The molecule has 3 aromatic carbocycles. The summed E-state index contributed by atoms with van der Waals surface area (Å²) < 4.78 is 49.2. The summed E-state index contributed by atoms with van der Waals surface area (Å²) in [5.74, 6) is -0.121. The van der Waals surface area contributed by atoms with E-state index >= 15 is 0 Å². The molecule has 0 aromatic heterocycles. The van der Waals surface area contributed by atoms with E-state index in [9.17, 15) is 22.8 Å². The average molecular weight is 557 g/mol. The van der Waals surface area contributed by atoms with Crippen LogP contribution in [0.1, 0.15) is 26.3 Å². The molecule has 4 rings (SSSR count). The van der Waals surface area contributed by atoms with Crippen molar-refractivity contribution in [1.82, 2.24) is 5.32 Å². The first-order chi connectivity index (χ1) is 19.2. The molecule has 2 N–H and O–H groups in total. The van der Waals surface area contributed by atoms with E-state index < -0.39 is 17.6 Å². The van der Waals surface area contributed by atoms with Crippen molar-refractivity contribution in [2.45, 2.75) is 6.18 Å². The molecule has 1 saturated heterocycles. The molecule has 11 heteroatoms. The first-order valence-electron chi connectivity index (χ1n) is 12.7. The van der Waals surface area contributed by atoms with Gasteiger partial charge in [-0.05, 0) is 54.6 Å². The maximum atomic E-state index is 13.2. The number of carbonyl (C=O) groups excluding carboxylic acids is 2. The van der Waals surface area contributed by atoms with Crippen LogP contribution in [0.2, 0.25) is 0 Å². The molecule has 0 radical (unpaired) electrons. The van der Waals surface area contributed by atoms with Crippen molar-refractivity contribution >= 4 is 28.9 Å². The lowest BCUT2D eigenvalue weighted by Gasteiger charge is -2.38. The Morgan fingerprint density at radius 2 is 1.50 bits per heavy atom. The molecule has 212 valence electrons. The van der Waals surface area contributed by atoms with Crippen LogP contribution in [0.3, 0.4) is 0 Å². The number of alkyl halides is 3. The minimum atomic E-state index is -4.49. The van der Waals surface area contributed by atoms with Gasteiger partial charge in [0.2, 0.25) is 0 Å². The molecule has 0 saturated carbocycles. The van der Waals surface area contributed by atoms with E-state index in [2.05, 4.69) is 20.4 Å². The molecule has 0 unspecified atom stereocenters. The lowest BCUT2D eigenvalue weighted by Crippen LogP contribution is -2.47. The molecular weight excluding hydrogens is 525 g/mol. The van der Waals surface area contributed by atoms with Gasteiger partial charge in [0, 0.05) is 56.8 Å². The number of ether oxygens (including phenoxy) is 2. The van der Waals surface area contributed by atoms with Gasteiger partial charge in [-0.25, -0.2) is 0 Å². The number of methoxy groups -OCH3 is 2. The third kappa shape index (κ3) is 6.84. The van der Waals surface area contributed by atoms with Crippen molar-refractivity contribution in [2.75, 3.05) is 68.7 Å². The summed E-state index contributed by atoms with van der Waals surface area (Å²) in [6.45, 7) is 3.35. The maximum absolute atomic E-state index is 13.2. The number of benzene rings is 3. The molecule has 1 aliphatic heterocycles. The van der Waals surface area contributed by atoms with Gasteiger partial charge in [-0.3, -0.25) is 9.59 Å². The molecule has 1 heterocycles. The molecule has 1 fully saturated rings. The number of rotatable bonds is 9. The van der Waals surface area contributed by atoms with Gasteiger partial charge in [0.05, 0.1) is 30.5 Å². The lowest BCUT2D eigenvalue weighted by molar-refractivity contribution is -0.137. The molecular formula is C29H31F3N4O4. The van der Waals surface area contributed by atoms with Crippen molar-refractivity contribution in [2.24, 2.45) is 0 Å². The predicted molar refractivity (Wildman–Crippen MR) is 147 cm³/mol. The highest BCUT2D eigenvalue weighted by molar-refractivity contribution is 6.06. The highest BCUT2D eigenvalue weighted by Crippen LogP contribution is 2.32. The molecule has 1 aliphatic rings. The Hall–Kier alpha value is -4.25. The van der Waals surface area contributed by atoms with Gasteiger partial charge in [0.15, 0.2) is 0 Å². The van der Waals surface area contributed by atoms with Crippen molar-refractivity contribution in [3.8, 4) is 5.75 Å². The highest BCUT2D eigenvalue weighted by atomic mass is 19.4. The molecule has 0 spiro atoms. The molecule has 0 aliphatic carbocycles. The summed E-state index contributed by atoms with van der Waals surface area (Å²) in [6, 6.07) is 16.8. The van der Waals surface area contributed by atoms with E-state index in [0.717, 1.165) is 35.7 Å². The Balaban J connectivity index is 1.52. The Bertz CT molecular complexity index is 1320. The Kier molecular flexibility index (Phi) is 9.15. The largest absolute Gasteiger partial charge is 0.495 e. The second-order valence-electron chi connectivity index (χ2n) is 9.16. The van der Waals surface area contributed by atoms with Crippen molar-refractivity contribution in [3.63, 3.8) is 0 Å². The van der Waals surface area contributed by atoms with Crippen LogP contribution in [-0.2, 0) is 10.9 Å². The zero-order valence-corrected chi connectivity index (χ0v) is 22.3. The van der Waals surface area contributed by atoms with Crippen molar-refractivity contribution in [3.05, 3.63) is 83.4 Å². The average Bonchev–Trinajstić information content (AvgIpc) is 2.97. The normalized spacial score (nSPS) is 13.6. The van der Waals surface area contributed by atoms with Crippen LogP contribution in [0.5, 0.6) is 5.75 Å². The van der Waals surface area contributed by atoms with E-state index in [0.29, 0.717) is 56.3 Å². The van der Waals surface area contributed by atoms with E-state index in [1.54, 1.807) is 25.3 Å². The molecule has 40 heavy (non-hydrogen) atoms. The molecule has 8 nitrogen and oxygen atoms in total. The molecule has 0 atom stereocenters. The smallest absolute Gasteiger partial charge is 0.416 e. The summed E-state index contributed by atoms with van der Waals surface area (Å²) in [7, 11) is 3.18. The van der Waals surface area contributed by atoms with E-state index in [1.807, 2.05) is 24.3 Å². The number of hydrogen-bond donors (Lipinski definition) is 2. The van der Waals surface area contributed by atoms with Crippen LogP contribution in [0.4, 0.5) is 30.2 Å². The van der Waals surface area contributed by atoms with Crippen molar-refractivity contribution < 1.29 is 32.2 Å². The number of anilines is 3. The molecule has 2 amide bonds. The lowest BCUT2D eigenvalue weighted by atomic mass is 10.1. The first-order valence-corrected chi connectivity index (χ1v) is 12.7. The molecule has 0 bridgehead atoms. The zero-order chi connectivity index (χ0) is 28.7. The van der Waals surface area contributed by atoms with Gasteiger partial charge >= 0.3 is 6.18 Å². The number of piperazine rings is 1. The Morgan fingerprint density at radius 1 is 0.850 bits per heavy atom. The Labute approximate surface area is 230 Å². The van der Waals surface area contributed by atoms with Gasteiger partial charge in [-0.2, -0.15) is 13.2 Å². The minimum absolute atomic E-state index is 0.0654. The SMILES string of the molecule is COCCNC(=O)c1cc(NC(=O)c2ccc(C(F)(F)F)cc2)ccc1N1CCN(c2ccccc2OC)CC1. The number of para-hydroxylation sites is 2. The maximum Gasteiger partial charge on any atom is 0.416 e. The monoisotopic (exact) mass is 556 g/mol. The summed E-state index contributed by atoms with van der Waals surface area (Å²) in [4.78, 5) is 30.2. The van der Waals surface area contributed by atoms with Crippen LogP contribution in [0, 0.1) is 0 Å². The van der Waals surface area contributed by atoms with Gasteiger partial charge in [0.1, 0.15) is 5.75 Å². The van der Waals surface area contributed by atoms with Crippen LogP contribution in [-0.4, -0.2) is 65.4 Å². The standard InChI is InChI=1S/C29H31F3N4O4/c1-39-18-13-33-28(38)23-19-22(34-27(37)20-7-9-21(10-8-20)29(30,31)32)11-12-24(23)35-14-16-36(17-15-35)25-5-3-4-6-26(25)40-2/h3-12,19H,13-18H2,1-2H3,(H,33,38)(H,34,37). The number of amides is 2. The summed E-state index contributed by atoms with van der Waals surface area (Å²) in [5, 5.41) is 5.51. The number of nitrogens with one attached hydrogen (secondary N) is 2. The van der Waals surface area contributed by atoms with Crippen molar-refractivity contribution in [1.29, 1.82) is 0 Å². The fourth-order valence-electron chi connectivity index (χ4n) is 4.53. The van der Waals surface area contributed by atoms with Crippen LogP contribution < -0.4 is 25.2 Å². The summed E-state index contributed by atoms with van der Waals surface area (Å²) in [6.07, 6.45) is -4.49. The quantitative estimate of drug-likeness (QED) is 0.373. The molecule has 3 aromatic rings. The van der Waals surface area contributed by atoms with E-state index in [1.165, 1.54) is 7.11 Å². The van der Waals surface area contributed by atoms with Gasteiger partial charge < -0.3 is 29.9 Å². The number of nitrogens with zero attached hydrogens (tertiary/aromatic N) is 2. The minimum Gasteiger partial charge on any atom is -0.495 e. The summed E-state index contributed by atoms with van der Waals surface area (Å²) in [5.41, 5.74) is 1.65. The summed E-state index contributed by atoms with van der Waals surface area (Å²) >= 11 is 0. The van der Waals surface area contributed by atoms with Crippen LogP contribution in [0.25, 0.3) is 0 Å². The number of carbonyl (C=O) groups is 2. The number of halogens is 3. The topological polar surface area (TPSA) is 83.1 Å². The Morgan fingerprint density at radius 3 is 2.12 bits per heavy atom. The van der Waals surface area contributed by atoms with Gasteiger partial charge in [0.25, 0.3) is 11.8 Å². The van der Waals surface area contributed by atoms with Crippen LogP contribution >= 0.6 is 0 Å². The second kappa shape index (κ2) is 12.7. The zero-order valence-electron chi connectivity index (χ0n) is 22.3. The predicted octanol–water partition coefficient (Wildman–Crippen LogP) is 4.67. The second-order valence-corrected chi connectivity index (χ2v) is 9.16. The fraction of sp³-hybridized carbons (Fsp3) is 0.310. The fourth-order valence-corrected chi connectivity index (χ4v) is 4.53. The van der Waals surface area contributed by atoms with Gasteiger partial charge in [-0.15, -0.1) is 0 Å². The highest BCUT2D eigenvalue weighted by Gasteiger charge is 2.30. The third-order valence-corrected chi connectivity index (χ3v) is 6.61. The third-order valence-electron chi connectivity index (χ3n) is 6.61.